The van der Waals surface area contributed by atoms with Crippen molar-refractivity contribution >= 4 is 23.8 Å². The molecule has 2 rings (SSSR count). The number of carbonyl (C=O) groups is 4. The number of rotatable bonds is 7. The van der Waals surface area contributed by atoms with E-state index >= 15 is 0 Å². The van der Waals surface area contributed by atoms with E-state index in [4.69, 9.17) is 10.2 Å². The molecule has 120 valence electrons. The standard InChI is InChI=1S/C14H17NO7/c16-9(17)4-3-8(13(19)20)15-12(18)10-6-1-2-7(5-6)11(10)14(21)22/h1-2,6-8,10-11H,3-5H2,(H,15,18)(H,16,17)(H,19,20)(H,21,22)/t6-,7+,8+,10-,11+/m1/s1. The SMILES string of the molecule is O=C(O)CC[C@H](NC(=O)[C@H]1[C@@H](C(=O)O)[C@H]2C=C[C@@H]1C2)C(=O)O. The Morgan fingerprint density at radius 1 is 1.05 bits per heavy atom. The summed E-state index contributed by atoms with van der Waals surface area (Å²) < 4.78 is 0. The molecule has 0 spiro atoms. The van der Waals surface area contributed by atoms with Crippen LogP contribution in [0.4, 0.5) is 0 Å². The van der Waals surface area contributed by atoms with Crippen LogP contribution in [0.15, 0.2) is 12.2 Å². The summed E-state index contributed by atoms with van der Waals surface area (Å²) in [6.07, 6.45) is 3.51. The number of carboxylic acids is 3. The number of amides is 1. The van der Waals surface area contributed by atoms with Gasteiger partial charge in [-0.2, -0.15) is 0 Å². The molecule has 5 atom stereocenters. The van der Waals surface area contributed by atoms with E-state index < -0.39 is 48.1 Å². The predicted octanol–water partition coefficient (Wildman–Crippen LogP) is -0.0565. The molecule has 1 saturated carbocycles. The fourth-order valence-corrected chi connectivity index (χ4v) is 3.31. The first kappa shape index (κ1) is 16.0. The molecule has 0 heterocycles. The van der Waals surface area contributed by atoms with Crippen molar-refractivity contribution in [3.05, 3.63) is 12.2 Å². The molecular formula is C14H17NO7. The van der Waals surface area contributed by atoms with E-state index in [0.717, 1.165) is 0 Å². The van der Waals surface area contributed by atoms with E-state index in [9.17, 15) is 24.3 Å². The third kappa shape index (κ3) is 3.10. The first-order valence-electron chi connectivity index (χ1n) is 6.97. The molecule has 0 unspecified atom stereocenters. The van der Waals surface area contributed by atoms with Crippen LogP contribution in [0.5, 0.6) is 0 Å². The van der Waals surface area contributed by atoms with Crippen LogP contribution < -0.4 is 5.32 Å². The lowest BCUT2D eigenvalue weighted by molar-refractivity contribution is -0.149. The zero-order valence-corrected chi connectivity index (χ0v) is 11.6. The lowest BCUT2D eigenvalue weighted by Gasteiger charge is -2.25. The third-order valence-electron chi connectivity index (χ3n) is 4.31. The average Bonchev–Trinajstić information content (AvgIpc) is 3.02. The predicted molar refractivity (Wildman–Crippen MR) is 71.8 cm³/mol. The summed E-state index contributed by atoms with van der Waals surface area (Å²) in [5, 5.41) is 29.2. The van der Waals surface area contributed by atoms with Gasteiger partial charge in [0.05, 0.1) is 11.8 Å². The van der Waals surface area contributed by atoms with Crippen molar-refractivity contribution in [3.8, 4) is 0 Å². The Balaban J connectivity index is 2.06. The molecule has 0 aromatic heterocycles. The van der Waals surface area contributed by atoms with Crippen molar-refractivity contribution < 1.29 is 34.5 Å². The normalized spacial score (nSPS) is 30.0. The number of aliphatic carboxylic acids is 3. The van der Waals surface area contributed by atoms with Crippen LogP contribution in [0.1, 0.15) is 19.3 Å². The zero-order chi connectivity index (χ0) is 16.4. The van der Waals surface area contributed by atoms with Gasteiger partial charge in [0, 0.05) is 6.42 Å². The number of hydrogen-bond donors (Lipinski definition) is 4. The lowest BCUT2D eigenvalue weighted by Crippen LogP contribution is -2.47. The van der Waals surface area contributed by atoms with Gasteiger partial charge in [-0.1, -0.05) is 12.2 Å². The van der Waals surface area contributed by atoms with Gasteiger partial charge in [0.1, 0.15) is 6.04 Å². The number of allylic oxidation sites excluding steroid dienone is 2. The highest BCUT2D eigenvalue weighted by Gasteiger charge is 2.52. The number of carboxylic acid groups (broad SMARTS) is 3. The molecular weight excluding hydrogens is 294 g/mol. The van der Waals surface area contributed by atoms with Crippen molar-refractivity contribution in [2.45, 2.75) is 25.3 Å². The summed E-state index contributed by atoms with van der Waals surface area (Å²) in [7, 11) is 0. The van der Waals surface area contributed by atoms with Crippen LogP contribution in [-0.2, 0) is 19.2 Å². The molecule has 0 aliphatic heterocycles. The number of nitrogens with one attached hydrogen (secondary N) is 1. The van der Waals surface area contributed by atoms with Crippen molar-refractivity contribution in [1.29, 1.82) is 0 Å². The Labute approximate surface area is 125 Å². The van der Waals surface area contributed by atoms with E-state index in [1.807, 2.05) is 0 Å². The topological polar surface area (TPSA) is 141 Å². The minimum atomic E-state index is -1.33. The molecule has 0 saturated heterocycles. The second kappa shape index (κ2) is 6.17. The van der Waals surface area contributed by atoms with Gasteiger partial charge in [-0.25, -0.2) is 4.79 Å². The molecule has 2 aliphatic rings. The van der Waals surface area contributed by atoms with E-state index in [0.29, 0.717) is 6.42 Å². The molecule has 0 radical (unpaired) electrons. The van der Waals surface area contributed by atoms with E-state index in [1.165, 1.54) is 0 Å². The number of fused-ring (bicyclic) bond motifs is 2. The summed E-state index contributed by atoms with van der Waals surface area (Å²) in [5.74, 6) is -6.29. The Kier molecular flexibility index (Phi) is 4.48. The van der Waals surface area contributed by atoms with Crippen molar-refractivity contribution in [1.82, 2.24) is 5.32 Å². The maximum absolute atomic E-state index is 12.3. The quantitative estimate of drug-likeness (QED) is 0.483. The fourth-order valence-electron chi connectivity index (χ4n) is 3.31. The minimum Gasteiger partial charge on any atom is -0.481 e. The first-order chi connectivity index (χ1) is 10.3. The lowest BCUT2D eigenvalue weighted by atomic mass is 9.82. The number of hydrogen-bond acceptors (Lipinski definition) is 4. The molecule has 0 aromatic rings. The molecule has 1 fully saturated rings. The largest absolute Gasteiger partial charge is 0.481 e. The Morgan fingerprint density at radius 2 is 1.64 bits per heavy atom. The van der Waals surface area contributed by atoms with E-state index in [1.54, 1.807) is 12.2 Å². The van der Waals surface area contributed by atoms with Gasteiger partial charge in [0.2, 0.25) is 5.91 Å². The number of carbonyl (C=O) groups excluding carboxylic acids is 1. The van der Waals surface area contributed by atoms with Crippen LogP contribution >= 0.6 is 0 Å². The summed E-state index contributed by atoms with van der Waals surface area (Å²) in [4.78, 5) is 45.2. The summed E-state index contributed by atoms with van der Waals surface area (Å²) in [5.41, 5.74) is 0. The highest BCUT2D eigenvalue weighted by Crippen LogP contribution is 2.48. The highest BCUT2D eigenvalue weighted by atomic mass is 16.4. The van der Waals surface area contributed by atoms with Gasteiger partial charge >= 0.3 is 17.9 Å². The molecule has 22 heavy (non-hydrogen) atoms. The summed E-state index contributed by atoms with van der Waals surface area (Å²) >= 11 is 0. The molecule has 2 bridgehead atoms. The van der Waals surface area contributed by atoms with E-state index in [2.05, 4.69) is 5.32 Å². The van der Waals surface area contributed by atoms with E-state index in [-0.39, 0.29) is 18.3 Å². The second-order valence-corrected chi connectivity index (χ2v) is 5.67. The molecule has 2 aliphatic carbocycles. The van der Waals surface area contributed by atoms with Crippen LogP contribution in [0.2, 0.25) is 0 Å². The third-order valence-corrected chi connectivity index (χ3v) is 4.31. The Morgan fingerprint density at radius 3 is 2.14 bits per heavy atom. The minimum absolute atomic E-state index is 0.208. The average molecular weight is 311 g/mol. The van der Waals surface area contributed by atoms with Gasteiger partial charge in [-0.05, 0) is 24.7 Å². The fraction of sp³-hybridized carbons (Fsp3) is 0.571. The van der Waals surface area contributed by atoms with Gasteiger partial charge < -0.3 is 20.6 Å². The van der Waals surface area contributed by atoms with Gasteiger partial charge in [0.15, 0.2) is 0 Å². The maximum atomic E-state index is 12.3. The molecule has 8 heteroatoms. The highest BCUT2D eigenvalue weighted by molar-refractivity contribution is 5.90. The summed E-state index contributed by atoms with van der Waals surface area (Å²) in [6, 6.07) is -1.33. The molecule has 4 N–H and O–H groups in total. The van der Waals surface area contributed by atoms with Crippen LogP contribution in [-0.4, -0.2) is 45.2 Å². The van der Waals surface area contributed by atoms with Crippen molar-refractivity contribution in [3.63, 3.8) is 0 Å². The first-order valence-corrected chi connectivity index (χ1v) is 6.97. The van der Waals surface area contributed by atoms with Gasteiger partial charge in [-0.15, -0.1) is 0 Å². The summed E-state index contributed by atoms with van der Waals surface area (Å²) in [6.45, 7) is 0. The zero-order valence-electron chi connectivity index (χ0n) is 11.6. The van der Waals surface area contributed by atoms with Crippen LogP contribution in [0.3, 0.4) is 0 Å². The van der Waals surface area contributed by atoms with Crippen molar-refractivity contribution in [2.24, 2.45) is 23.7 Å². The molecule has 8 nitrogen and oxygen atoms in total. The Hall–Kier alpha value is -2.38. The van der Waals surface area contributed by atoms with Gasteiger partial charge in [0.25, 0.3) is 0 Å². The molecule has 0 aromatic carbocycles. The second-order valence-electron chi connectivity index (χ2n) is 5.67. The molecule has 1 amide bonds. The van der Waals surface area contributed by atoms with Crippen LogP contribution in [0.25, 0.3) is 0 Å². The van der Waals surface area contributed by atoms with Crippen molar-refractivity contribution in [2.75, 3.05) is 0 Å². The van der Waals surface area contributed by atoms with Crippen LogP contribution in [0, 0.1) is 23.7 Å². The monoisotopic (exact) mass is 311 g/mol. The van der Waals surface area contributed by atoms with Gasteiger partial charge in [-0.3, -0.25) is 14.4 Å². The maximum Gasteiger partial charge on any atom is 0.326 e. The Bertz CT molecular complexity index is 541. The smallest absolute Gasteiger partial charge is 0.326 e.